The minimum Gasteiger partial charge on any atom is -0.366 e. The number of ether oxygens (including phenoxy) is 1. The second-order valence-corrected chi connectivity index (χ2v) is 3.59. The molecule has 1 atom stereocenters. The van der Waals surface area contributed by atoms with Crippen LogP contribution in [0.15, 0.2) is 23.0 Å². The van der Waals surface area contributed by atoms with Crippen LogP contribution in [0.3, 0.4) is 0 Å². The van der Waals surface area contributed by atoms with Crippen molar-refractivity contribution in [2.75, 3.05) is 19.7 Å². The lowest BCUT2D eigenvalue weighted by Crippen LogP contribution is -2.33. The highest BCUT2D eigenvalue weighted by molar-refractivity contribution is 5.40. The lowest BCUT2D eigenvalue weighted by Gasteiger charge is -2.19. The normalized spacial score (nSPS) is 20.4. The Morgan fingerprint density at radius 2 is 2.12 bits per heavy atom. The van der Waals surface area contributed by atoms with E-state index in [1.165, 1.54) is 0 Å². The Labute approximate surface area is 97.2 Å². The number of nitrogens with one attached hydrogen (secondary N) is 1. The van der Waals surface area contributed by atoms with Crippen LogP contribution in [-0.2, 0) is 4.74 Å². The van der Waals surface area contributed by atoms with Crippen molar-refractivity contribution in [3.63, 3.8) is 0 Å². The standard InChI is InChI=1S/C10H11N5O2/c1-2-12-8(13-3-1)9-14-10(17-15-9)7-6-11-4-5-16-7/h1-3,7,11H,4-6H2. The molecule has 1 saturated heterocycles. The SMILES string of the molecule is c1cnc(-c2noc(C3CNCCO3)n2)nc1. The first kappa shape index (κ1) is 10.3. The predicted molar refractivity (Wildman–Crippen MR) is 56.9 cm³/mol. The van der Waals surface area contributed by atoms with Gasteiger partial charge in [-0.25, -0.2) is 9.97 Å². The minimum absolute atomic E-state index is 0.186. The largest absolute Gasteiger partial charge is 0.366 e. The number of morpholine rings is 1. The summed E-state index contributed by atoms with van der Waals surface area (Å²) >= 11 is 0. The van der Waals surface area contributed by atoms with E-state index in [2.05, 4.69) is 25.4 Å². The van der Waals surface area contributed by atoms with E-state index in [1.54, 1.807) is 18.5 Å². The first-order chi connectivity index (χ1) is 8.43. The molecule has 0 radical (unpaired) electrons. The Hall–Kier alpha value is -1.86. The van der Waals surface area contributed by atoms with Crippen LogP contribution in [0.5, 0.6) is 0 Å². The van der Waals surface area contributed by atoms with Crippen molar-refractivity contribution in [3.05, 3.63) is 24.4 Å². The van der Waals surface area contributed by atoms with Gasteiger partial charge in [0.1, 0.15) is 6.10 Å². The zero-order valence-corrected chi connectivity index (χ0v) is 9.04. The number of rotatable bonds is 2. The average molecular weight is 233 g/mol. The molecule has 3 rings (SSSR count). The highest BCUT2D eigenvalue weighted by Crippen LogP contribution is 2.19. The molecular weight excluding hydrogens is 222 g/mol. The molecule has 2 aromatic heterocycles. The van der Waals surface area contributed by atoms with E-state index in [-0.39, 0.29) is 6.10 Å². The summed E-state index contributed by atoms with van der Waals surface area (Å²) in [5, 5.41) is 7.04. The van der Waals surface area contributed by atoms with E-state index in [9.17, 15) is 0 Å². The molecule has 88 valence electrons. The molecule has 0 saturated carbocycles. The van der Waals surface area contributed by atoms with E-state index in [1.807, 2.05) is 0 Å². The van der Waals surface area contributed by atoms with E-state index < -0.39 is 0 Å². The Kier molecular flexibility index (Phi) is 2.76. The van der Waals surface area contributed by atoms with Crippen LogP contribution in [0.1, 0.15) is 12.0 Å². The van der Waals surface area contributed by atoms with Gasteiger partial charge >= 0.3 is 0 Å². The number of hydrogen-bond donors (Lipinski definition) is 1. The van der Waals surface area contributed by atoms with Crippen molar-refractivity contribution >= 4 is 0 Å². The third kappa shape index (κ3) is 2.15. The van der Waals surface area contributed by atoms with Gasteiger partial charge in [0.15, 0.2) is 0 Å². The molecule has 7 heteroatoms. The van der Waals surface area contributed by atoms with E-state index in [4.69, 9.17) is 9.26 Å². The molecule has 0 aromatic carbocycles. The fourth-order valence-electron chi connectivity index (χ4n) is 1.60. The van der Waals surface area contributed by atoms with Gasteiger partial charge in [0.05, 0.1) is 6.61 Å². The van der Waals surface area contributed by atoms with Crippen molar-refractivity contribution in [1.29, 1.82) is 0 Å². The third-order valence-electron chi connectivity index (χ3n) is 2.41. The second kappa shape index (κ2) is 4.56. The lowest BCUT2D eigenvalue weighted by atomic mass is 10.3. The van der Waals surface area contributed by atoms with Crippen LogP contribution < -0.4 is 5.32 Å². The fraction of sp³-hybridized carbons (Fsp3) is 0.400. The van der Waals surface area contributed by atoms with Crippen LogP contribution in [0.2, 0.25) is 0 Å². The molecule has 17 heavy (non-hydrogen) atoms. The molecule has 1 aliphatic rings. The Balaban J connectivity index is 1.83. The van der Waals surface area contributed by atoms with Gasteiger partial charge in [-0.05, 0) is 6.07 Å². The monoisotopic (exact) mass is 233 g/mol. The molecule has 1 fully saturated rings. The van der Waals surface area contributed by atoms with Crippen molar-refractivity contribution < 1.29 is 9.26 Å². The van der Waals surface area contributed by atoms with Crippen LogP contribution in [-0.4, -0.2) is 39.8 Å². The lowest BCUT2D eigenvalue weighted by molar-refractivity contribution is 0.00755. The zero-order chi connectivity index (χ0) is 11.5. The molecule has 0 amide bonds. The second-order valence-electron chi connectivity index (χ2n) is 3.59. The van der Waals surface area contributed by atoms with Gasteiger partial charge < -0.3 is 14.6 Å². The summed E-state index contributed by atoms with van der Waals surface area (Å²) < 4.78 is 10.7. The topological polar surface area (TPSA) is 86.0 Å². The minimum atomic E-state index is -0.186. The average Bonchev–Trinajstić information content (AvgIpc) is 2.90. The van der Waals surface area contributed by atoms with E-state index >= 15 is 0 Å². The molecular formula is C10H11N5O2. The molecule has 1 aliphatic heterocycles. The fourth-order valence-corrected chi connectivity index (χ4v) is 1.60. The molecule has 1 N–H and O–H groups in total. The van der Waals surface area contributed by atoms with Gasteiger partial charge in [0.25, 0.3) is 5.89 Å². The van der Waals surface area contributed by atoms with Crippen molar-refractivity contribution in [3.8, 4) is 11.6 Å². The summed E-state index contributed by atoms with van der Waals surface area (Å²) in [5.74, 6) is 1.29. The van der Waals surface area contributed by atoms with Crippen LogP contribution in [0.4, 0.5) is 0 Å². The van der Waals surface area contributed by atoms with Gasteiger partial charge in [-0.1, -0.05) is 5.16 Å². The van der Waals surface area contributed by atoms with Gasteiger partial charge in [0, 0.05) is 25.5 Å². The molecule has 0 aliphatic carbocycles. The maximum atomic E-state index is 5.51. The summed E-state index contributed by atoms with van der Waals surface area (Å²) in [6.45, 7) is 2.17. The van der Waals surface area contributed by atoms with Crippen molar-refractivity contribution in [1.82, 2.24) is 25.4 Å². The maximum Gasteiger partial charge on any atom is 0.257 e. The van der Waals surface area contributed by atoms with Crippen molar-refractivity contribution in [2.24, 2.45) is 0 Å². The van der Waals surface area contributed by atoms with Crippen molar-refractivity contribution in [2.45, 2.75) is 6.10 Å². The maximum absolute atomic E-state index is 5.51. The highest BCUT2D eigenvalue weighted by Gasteiger charge is 2.22. The summed E-state index contributed by atoms with van der Waals surface area (Å²) in [5.41, 5.74) is 0. The first-order valence-corrected chi connectivity index (χ1v) is 5.37. The summed E-state index contributed by atoms with van der Waals surface area (Å²) in [4.78, 5) is 12.3. The first-order valence-electron chi connectivity index (χ1n) is 5.37. The van der Waals surface area contributed by atoms with Gasteiger partial charge in [0.2, 0.25) is 11.6 Å². The third-order valence-corrected chi connectivity index (χ3v) is 2.41. The Bertz CT molecular complexity index is 480. The number of nitrogens with zero attached hydrogens (tertiary/aromatic N) is 4. The Morgan fingerprint density at radius 3 is 2.88 bits per heavy atom. The summed E-state index contributed by atoms with van der Waals surface area (Å²) in [7, 11) is 0. The van der Waals surface area contributed by atoms with E-state index in [0.29, 0.717) is 30.7 Å². The Morgan fingerprint density at radius 1 is 1.24 bits per heavy atom. The molecule has 7 nitrogen and oxygen atoms in total. The molecule has 1 unspecified atom stereocenters. The van der Waals surface area contributed by atoms with E-state index in [0.717, 1.165) is 6.54 Å². The van der Waals surface area contributed by atoms with Gasteiger partial charge in [-0.2, -0.15) is 4.98 Å². The van der Waals surface area contributed by atoms with Gasteiger partial charge in [-0.15, -0.1) is 0 Å². The summed E-state index contributed by atoms with van der Waals surface area (Å²) in [6.07, 6.45) is 3.09. The molecule has 0 bridgehead atoms. The quantitative estimate of drug-likeness (QED) is 0.792. The highest BCUT2D eigenvalue weighted by atomic mass is 16.5. The predicted octanol–water partition coefficient (Wildman–Crippen LogP) is 0.187. The molecule has 0 spiro atoms. The smallest absolute Gasteiger partial charge is 0.257 e. The number of aromatic nitrogens is 4. The molecule has 3 heterocycles. The summed E-state index contributed by atoms with van der Waals surface area (Å²) in [6, 6.07) is 1.73. The zero-order valence-electron chi connectivity index (χ0n) is 9.04. The van der Waals surface area contributed by atoms with Gasteiger partial charge in [-0.3, -0.25) is 0 Å². The van der Waals surface area contributed by atoms with Crippen LogP contribution in [0.25, 0.3) is 11.6 Å². The number of hydrogen-bond acceptors (Lipinski definition) is 7. The van der Waals surface area contributed by atoms with Crippen LogP contribution >= 0.6 is 0 Å². The van der Waals surface area contributed by atoms with Crippen LogP contribution in [0, 0.1) is 0 Å². The molecule has 2 aromatic rings.